The Bertz CT molecular complexity index is 743. The van der Waals surface area contributed by atoms with Crippen molar-refractivity contribution >= 4 is 29.3 Å². The Labute approximate surface area is 138 Å². The minimum Gasteiger partial charge on any atom is -0.481 e. The number of rotatable bonds is 5. The average Bonchev–Trinajstić information content (AvgIpc) is 2.87. The Balaban J connectivity index is 1.94. The number of thioether (sulfide) groups is 1. The Hall–Kier alpha value is -2.28. The molecule has 0 spiro atoms. The van der Waals surface area contributed by atoms with Gasteiger partial charge in [0, 0.05) is 13.0 Å². The van der Waals surface area contributed by atoms with Crippen molar-refractivity contribution < 1.29 is 14.7 Å². The van der Waals surface area contributed by atoms with Gasteiger partial charge in [-0.25, -0.2) is 4.68 Å². The van der Waals surface area contributed by atoms with Crippen molar-refractivity contribution in [3.05, 3.63) is 36.0 Å². The SMILES string of the molecule is Cc1nn(-c2ccccc2)c2c1N(CCCC(=O)O)C(=O)CS2. The number of amides is 1. The topological polar surface area (TPSA) is 75.4 Å². The Morgan fingerprint density at radius 1 is 1.35 bits per heavy atom. The normalized spacial score (nSPS) is 14.0. The van der Waals surface area contributed by atoms with Crippen LogP contribution in [-0.4, -0.2) is 39.1 Å². The summed E-state index contributed by atoms with van der Waals surface area (Å²) in [6.07, 6.45) is 0.485. The Morgan fingerprint density at radius 3 is 2.78 bits per heavy atom. The smallest absolute Gasteiger partial charge is 0.303 e. The Morgan fingerprint density at radius 2 is 2.09 bits per heavy atom. The lowest BCUT2D eigenvalue weighted by molar-refractivity contribution is -0.137. The third-order valence-electron chi connectivity index (χ3n) is 3.66. The first kappa shape index (κ1) is 15.6. The second-order valence-corrected chi connectivity index (χ2v) is 6.28. The number of hydrogen-bond acceptors (Lipinski definition) is 4. The Kier molecular flexibility index (Phi) is 4.38. The summed E-state index contributed by atoms with van der Waals surface area (Å²) < 4.78 is 1.85. The van der Waals surface area contributed by atoms with Gasteiger partial charge in [0.25, 0.3) is 0 Å². The maximum Gasteiger partial charge on any atom is 0.303 e. The molecule has 0 aliphatic carbocycles. The van der Waals surface area contributed by atoms with Crippen molar-refractivity contribution in [3.8, 4) is 5.69 Å². The lowest BCUT2D eigenvalue weighted by atomic mass is 10.2. The number of para-hydroxylation sites is 1. The molecule has 0 saturated carbocycles. The first-order valence-electron chi connectivity index (χ1n) is 7.38. The lowest BCUT2D eigenvalue weighted by Crippen LogP contribution is -2.36. The predicted octanol–water partition coefficient (Wildman–Crippen LogP) is 2.48. The second kappa shape index (κ2) is 6.45. The largest absolute Gasteiger partial charge is 0.481 e. The van der Waals surface area contributed by atoms with Gasteiger partial charge in [-0.15, -0.1) is 0 Å². The predicted molar refractivity (Wildman–Crippen MR) is 88.2 cm³/mol. The molecule has 1 amide bonds. The van der Waals surface area contributed by atoms with Crippen LogP contribution in [0, 0.1) is 6.92 Å². The number of carbonyl (C=O) groups is 2. The highest BCUT2D eigenvalue weighted by Gasteiger charge is 2.31. The summed E-state index contributed by atoms with van der Waals surface area (Å²) in [7, 11) is 0. The quantitative estimate of drug-likeness (QED) is 0.911. The van der Waals surface area contributed by atoms with Crippen LogP contribution in [0.4, 0.5) is 5.69 Å². The van der Waals surface area contributed by atoms with Crippen LogP contribution in [0.1, 0.15) is 18.5 Å². The van der Waals surface area contributed by atoms with Crippen molar-refractivity contribution in [1.29, 1.82) is 0 Å². The van der Waals surface area contributed by atoms with E-state index in [2.05, 4.69) is 5.10 Å². The number of carboxylic acid groups (broad SMARTS) is 1. The molecule has 1 N–H and O–H groups in total. The minimum absolute atomic E-state index is 0.00333. The van der Waals surface area contributed by atoms with Crippen LogP contribution in [0.3, 0.4) is 0 Å². The van der Waals surface area contributed by atoms with Crippen molar-refractivity contribution in [2.45, 2.75) is 24.8 Å². The molecule has 120 valence electrons. The zero-order chi connectivity index (χ0) is 16.4. The number of aromatic nitrogens is 2. The van der Waals surface area contributed by atoms with Crippen LogP contribution in [0.15, 0.2) is 35.4 Å². The molecule has 2 aromatic rings. The first-order chi connectivity index (χ1) is 11.1. The first-order valence-corrected chi connectivity index (χ1v) is 8.36. The monoisotopic (exact) mass is 331 g/mol. The van der Waals surface area contributed by atoms with Gasteiger partial charge in [-0.05, 0) is 25.5 Å². The van der Waals surface area contributed by atoms with Crippen molar-refractivity contribution in [3.63, 3.8) is 0 Å². The van der Waals surface area contributed by atoms with Gasteiger partial charge in [0.05, 0.1) is 22.8 Å². The summed E-state index contributed by atoms with van der Waals surface area (Å²) in [5, 5.41) is 14.3. The van der Waals surface area contributed by atoms with Crippen LogP contribution in [0.25, 0.3) is 5.69 Å². The number of anilines is 1. The molecule has 0 fully saturated rings. The number of hydrogen-bond donors (Lipinski definition) is 1. The van der Waals surface area contributed by atoms with E-state index >= 15 is 0 Å². The zero-order valence-electron chi connectivity index (χ0n) is 12.7. The number of carboxylic acids is 1. The van der Waals surface area contributed by atoms with Crippen LogP contribution in [0.5, 0.6) is 0 Å². The molecule has 23 heavy (non-hydrogen) atoms. The van der Waals surface area contributed by atoms with E-state index in [1.54, 1.807) is 4.90 Å². The molecular formula is C16H17N3O3S. The van der Waals surface area contributed by atoms with Gasteiger partial charge >= 0.3 is 5.97 Å². The van der Waals surface area contributed by atoms with Gasteiger partial charge in [-0.2, -0.15) is 5.10 Å². The highest BCUT2D eigenvalue weighted by Crippen LogP contribution is 2.39. The number of aliphatic carboxylic acids is 1. The molecule has 1 aromatic carbocycles. The fourth-order valence-corrected chi connectivity index (χ4v) is 3.72. The number of nitrogens with zero attached hydrogens (tertiary/aromatic N) is 3. The van der Waals surface area contributed by atoms with Crippen LogP contribution < -0.4 is 4.90 Å². The maximum absolute atomic E-state index is 12.3. The summed E-state index contributed by atoms with van der Waals surface area (Å²) in [6.45, 7) is 2.28. The van der Waals surface area contributed by atoms with Crippen molar-refractivity contribution in [1.82, 2.24) is 9.78 Å². The summed E-state index contributed by atoms with van der Waals surface area (Å²) >= 11 is 1.48. The van der Waals surface area contributed by atoms with Gasteiger partial charge < -0.3 is 10.0 Å². The highest BCUT2D eigenvalue weighted by atomic mass is 32.2. The second-order valence-electron chi connectivity index (χ2n) is 5.32. The highest BCUT2D eigenvalue weighted by molar-refractivity contribution is 8.00. The zero-order valence-corrected chi connectivity index (χ0v) is 13.5. The molecule has 1 aromatic heterocycles. The third kappa shape index (κ3) is 3.10. The van der Waals surface area contributed by atoms with E-state index in [-0.39, 0.29) is 12.3 Å². The molecule has 0 unspecified atom stereocenters. The van der Waals surface area contributed by atoms with Gasteiger partial charge in [0.1, 0.15) is 5.03 Å². The maximum atomic E-state index is 12.3. The molecule has 1 aliphatic heterocycles. The van der Waals surface area contributed by atoms with E-state index in [4.69, 9.17) is 5.11 Å². The van der Waals surface area contributed by atoms with Gasteiger partial charge in [-0.3, -0.25) is 9.59 Å². The van der Waals surface area contributed by atoms with E-state index in [1.165, 1.54) is 11.8 Å². The number of benzene rings is 1. The third-order valence-corrected chi connectivity index (χ3v) is 4.70. The lowest BCUT2D eigenvalue weighted by Gasteiger charge is -2.27. The van der Waals surface area contributed by atoms with Crippen LogP contribution in [-0.2, 0) is 9.59 Å². The fraction of sp³-hybridized carbons (Fsp3) is 0.312. The molecule has 6 nitrogen and oxygen atoms in total. The van der Waals surface area contributed by atoms with Gasteiger partial charge in [-0.1, -0.05) is 30.0 Å². The number of fused-ring (bicyclic) bond motifs is 1. The standard InChI is InChI=1S/C16H17N3O3S/c1-11-15-16(19(17-11)12-6-3-2-4-7-12)23-10-13(20)18(15)9-5-8-14(21)22/h2-4,6-7H,5,8-10H2,1H3,(H,21,22). The van der Waals surface area contributed by atoms with Crippen molar-refractivity contribution in [2.24, 2.45) is 0 Å². The summed E-state index contributed by atoms with van der Waals surface area (Å²) in [5.41, 5.74) is 2.53. The van der Waals surface area contributed by atoms with E-state index in [0.717, 1.165) is 22.1 Å². The molecule has 7 heteroatoms. The minimum atomic E-state index is -0.847. The molecule has 3 rings (SSSR count). The molecular weight excluding hydrogens is 314 g/mol. The molecule has 1 aliphatic rings. The number of aryl methyl sites for hydroxylation is 1. The van der Waals surface area contributed by atoms with Gasteiger partial charge in [0.15, 0.2) is 0 Å². The van der Waals surface area contributed by atoms with E-state index in [9.17, 15) is 9.59 Å². The molecule has 0 radical (unpaired) electrons. The van der Waals surface area contributed by atoms with E-state index < -0.39 is 5.97 Å². The van der Waals surface area contributed by atoms with Crippen LogP contribution in [0.2, 0.25) is 0 Å². The van der Waals surface area contributed by atoms with Crippen molar-refractivity contribution in [2.75, 3.05) is 17.2 Å². The van der Waals surface area contributed by atoms with E-state index in [1.807, 2.05) is 41.9 Å². The molecule has 0 bridgehead atoms. The molecule has 2 heterocycles. The van der Waals surface area contributed by atoms with Gasteiger partial charge in [0.2, 0.25) is 5.91 Å². The summed E-state index contributed by atoms with van der Waals surface area (Å²) in [4.78, 5) is 24.6. The number of carbonyl (C=O) groups excluding carboxylic acids is 1. The fourth-order valence-electron chi connectivity index (χ4n) is 2.64. The summed E-state index contributed by atoms with van der Waals surface area (Å²) in [5.74, 6) is -0.498. The average molecular weight is 331 g/mol. The van der Waals surface area contributed by atoms with Crippen LogP contribution >= 0.6 is 11.8 Å². The molecule has 0 atom stereocenters. The van der Waals surface area contributed by atoms with E-state index in [0.29, 0.717) is 18.7 Å². The summed E-state index contributed by atoms with van der Waals surface area (Å²) in [6, 6.07) is 9.78. The molecule has 0 saturated heterocycles.